The van der Waals surface area contributed by atoms with E-state index < -0.39 is 0 Å². The van der Waals surface area contributed by atoms with Crippen molar-refractivity contribution in [3.8, 4) is 0 Å². The maximum Gasteiger partial charge on any atom is 0.234 e. The van der Waals surface area contributed by atoms with Gasteiger partial charge >= 0.3 is 0 Å². The second-order valence-corrected chi connectivity index (χ2v) is 9.10. The lowest BCUT2D eigenvalue weighted by Crippen LogP contribution is -2.16. The standard InChI is InChI=1S/C26H29N5OS/c1-19-9-7-13-23(20(19)2)27-25(32)18-33-26-29-28-24(17-22-12-8-15-30(22)3)31(26)16-14-21-10-5-4-6-11-21/h4-13,15H,14,16-18H2,1-3H3,(H,27,32). The van der Waals surface area contributed by atoms with Crippen LogP contribution in [0, 0.1) is 13.8 Å². The first-order valence-electron chi connectivity index (χ1n) is 11.1. The molecule has 2 heterocycles. The number of rotatable bonds is 9. The number of hydrogen-bond acceptors (Lipinski definition) is 4. The van der Waals surface area contributed by atoms with Crippen molar-refractivity contribution < 1.29 is 4.79 Å². The molecule has 0 radical (unpaired) electrons. The highest BCUT2D eigenvalue weighted by molar-refractivity contribution is 7.99. The highest BCUT2D eigenvalue weighted by atomic mass is 32.2. The first kappa shape index (κ1) is 22.9. The van der Waals surface area contributed by atoms with E-state index >= 15 is 0 Å². The van der Waals surface area contributed by atoms with Crippen LogP contribution in [0.2, 0.25) is 0 Å². The third-order valence-corrected chi connectivity index (χ3v) is 6.83. The molecule has 7 heteroatoms. The number of carbonyl (C=O) groups excluding carboxylic acids is 1. The molecule has 0 bridgehead atoms. The van der Waals surface area contributed by atoms with Crippen molar-refractivity contribution >= 4 is 23.4 Å². The summed E-state index contributed by atoms with van der Waals surface area (Å²) in [6.07, 6.45) is 3.61. The minimum Gasteiger partial charge on any atom is -0.354 e. The molecule has 1 amide bonds. The number of thioether (sulfide) groups is 1. The van der Waals surface area contributed by atoms with Crippen molar-refractivity contribution in [2.75, 3.05) is 11.1 Å². The molecular formula is C26H29N5OS. The van der Waals surface area contributed by atoms with Crippen LogP contribution in [0.15, 0.2) is 72.0 Å². The van der Waals surface area contributed by atoms with E-state index in [2.05, 4.69) is 55.0 Å². The highest BCUT2D eigenvalue weighted by Gasteiger charge is 2.16. The Bertz CT molecular complexity index is 1230. The Kier molecular flexibility index (Phi) is 7.29. The molecule has 4 rings (SSSR count). The monoisotopic (exact) mass is 459 g/mol. The van der Waals surface area contributed by atoms with Gasteiger partial charge in [-0.15, -0.1) is 10.2 Å². The van der Waals surface area contributed by atoms with Gasteiger partial charge in [-0.1, -0.05) is 54.2 Å². The Hall–Kier alpha value is -3.32. The molecule has 2 aromatic carbocycles. The second-order valence-electron chi connectivity index (χ2n) is 8.16. The topological polar surface area (TPSA) is 64.7 Å². The van der Waals surface area contributed by atoms with Crippen molar-refractivity contribution in [1.82, 2.24) is 19.3 Å². The number of benzene rings is 2. The van der Waals surface area contributed by atoms with Gasteiger partial charge in [0.2, 0.25) is 5.91 Å². The molecular weight excluding hydrogens is 430 g/mol. The van der Waals surface area contributed by atoms with Crippen LogP contribution in [0.4, 0.5) is 5.69 Å². The summed E-state index contributed by atoms with van der Waals surface area (Å²) in [5.41, 5.74) is 5.54. The number of aryl methyl sites for hydroxylation is 3. The van der Waals surface area contributed by atoms with Crippen LogP contribution in [0.1, 0.15) is 28.2 Å². The van der Waals surface area contributed by atoms with Gasteiger partial charge in [-0.3, -0.25) is 4.79 Å². The zero-order valence-electron chi connectivity index (χ0n) is 19.3. The molecule has 6 nitrogen and oxygen atoms in total. The summed E-state index contributed by atoms with van der Waals surface area (Å²) in [4.78, 5) is 12.7. The molecule has 0 aliphatic heterocycles. The molecule has 0 saturated carbocycles. The fraction of sp³-hybridized carbons (Fsp3) is 0.269. The van der Waals surface area contributed by atoms with Crippen LogP contribution in [0.3, 0.4) is 0 Å². The van der Waals surface area contributed by atoms with Crippen LogP contribution in [0.25, 0.3) is 0 Å². The Labute approximate surface area is 199 Å². The molecule has 0 fully saturated rings. The molecule has 0 aliphatic rings. The van der Waals surface area contributed by atoms with Crippen molar-refractivity contribution in [3.63, 3.8) is 0 Å². The third-order valence-electron chi connectivity index (χ3n) is 5.86. The van der Waals surface area contributed by atoms with E-state index in [4.69, 9.17) is 0 Å². The second kappa shape index (κ2) is 10.5. The van der Waals surface area contributed by atoms with E-state index in [1.165, 1.54) is 23.0 Å². The van der Waals surface area contributed by atoms with Gasteiger partial charge < -0.3 is 14.5 Å². The van der Waals surface area contributed by atoms with Gasteiger partial charge in [-0.2, -0.15) is 0 Å². The van der Waals surface area contributed by atoms with Gasteiger partial charge in [0.1, 0.15) is 5.82 Å². The van der Waals surface area contributed by atoms with Gasteiger partial charge in [-0.05, 0) is 55.2 Å². The normalized spacial score (nSPS) is 11.0. The molecule has 33 heavy (non-hydrogen) atoms. The van der Waals surface area contributed by atoms with Gasteiger partial charge in [0.15, 0.2) is 5.16 Å². The maximum absolute atomic E-state index is 12.7. The minimum atomic E-state index is -0.0460. The van der Waals surface area contributed by atoms with E-state index in [1.807, 2.05) is 57.4 Å². The fourth-order valence-electron chi connectivity index (χ4n) is 3.71. The SMILES string of the molecule is Cc1cccc(NC(=O)CSc2nnc(Cc3cccn3C)n2CCc2ccccc2)c1C. The quantitative estimate of drug-likeness (QED) is 0.365. The molecule has 1 N–H and O–H groups in total. The number of anilines is 1. The third kappa shape index (κ3) is 5.73. The zero-order valence-corrected chi connectivity index (χ0v) is 20.1. The summed E-state index contributed by atoms with van der Waals surface area (Å²) >= 11 is 1.43. The van der Waals surface area contributed by atoms with E-state index in [1.54, 1.807) is 0 Å². The molecule has 2 aromatic heterocycles. The molecule has 4 aromatic rings. The van der Waals surface area contributed by atoms with Crippen molar-refractivity contribution in [3.05, 3.63) is 95.1 Å². The van der Waals surface area contributed by atoms with Crippen LogP contribution >= 0.6 is 11.8 Å². The maximum atomic E-state index is 12.7. The van der Waals surface area contributed by atoms with Crippen LogP contribution in [-0.2, 0) is 31.2 Å². The van der Waals surface area contributed by atoms with Crippen LogP contribution in [-0.4, -0.2) is 31.0 Å². The highest BCUT2D eigenvalue weighted by Crippen LogP contribution is 2.22. The van der Waals surface area contributed by atoms with Crippen molar-refractivity contribution in [1.29, 1.82) is 0 Å². The number of hydrogen-bond donors (Lipinski definition) is 1. The van der Waals surface area contributed by atoms with E-state index in [-0.39, 0.29) is 11.7 Å². The summed E-state index contributed by atoms with van der Waals surface area (Å²) in [6, 6.07) is 20.5. The molecule has 0 aliphatic carbocycles. The van der Waals surface area contributed by atoms with Gasteiger partial charge in [0.05, 0.1) is 5.75 Å². The first-order valence-corrected chi connectivity index (χ1v) is 12.0. The van der Waals surface area contributed by atoms with Crippen molar-refractivity contribution in [2.24, 2.45) is 7.05 Å². The van der Waals surface area contributed by atoms with E-state index in [0.717, 1.165) is 40.8 Å². The lowest BCUT2D eigenvalue weighted by Gasteiger charge is -2.12. The average Bonchev–Trinajstić information content (AvgIpc) is 3.40. The van der Waals surface area contributed by atoms with Gasteiger partial charge in [0.25, 0.3) is 0 Å². The molecule has 0 atom stereocenters. The zero-order chi connectivity index (χ0) is 23.2. The number of nitrogens with one attached hydrogen (secondary N) is 1. The summed E-state index contributed by atoms with van der Waals surface area (Å²) in [5, 5.41) is 12.7. The number of nitrogens with zero attached hydrogens (tertiary/aromatic N) is 4. The van der Waals surface area contributed by atoms with E-state index in [9.17, 15) is 4.79 Å². The Morgan fingerprint density at radius 1 is 1.00 bits per heavy atom. The molecule has 170 valence electrons. The first-order chi connectivity index (χ1) is 16.0. The number of amides is 1. The predicted octanol–water partition coefficient (Wildman–Crippen LogP) is 4.80. The smallest absolute Gasteiger partial charge is 0.234 e. The van der Waals surface area contributed by atoms with Crippen molar-refractivity contribution in [2.45, 2.75) is 38.4 Å². The van der Waals surface area contributed by atoms with Gasteiger partial charge in [0, 0.05) is 37.6 Å². The Balaban J connectivity index is 1.48. The summed E-state index contributed by atoms with van der Waals surface area (Å²) < 4.78 is 4.25. The van der Waals surface area contributed by atoms with E-state index in [0.29, 0.717) is 6.42 Å². The van der Waals surface area contributed by atoms with Gasteiger partial charge in [-0.25, -0.2) is 0 Å². The largest absolute Gasteiger partial charge is 0.354 e. The average molecular weight is 460 g/mol. The lowest BCUT2D eigenvalue weighted by molar-refractivity contribution is -0.113. The lowest BCUT2D eigenvalue weighted by atomic mass is 10.1. The summed E-state index contributed by atoms with van der Waals surface area (Å²) in [6.45, 7) is 4.83. The summed E-state index contributed by atoms with van der Waals surface area (Å²) in [7, 11) is 2.04. The predicted molar refractivity (Wildman–Crippen MR) is 134 cm³/mol. The molecule has 0 spiro atoms. The van der Waals surface area contributed by atoms with Crippen LogP contribution in [0.5, 0.6) is 0 Å². The Morgan fingerprint density at radius 2 is 1.82 bits per heavy atom. The number of carbonyl (C=O) groups is 1. The fourth-order valence-corrected chi connectivity index (χ4v) is 4.50. The molecule has 0 unspecified atom stereocenters. The number of aromatic nitrogens is 4. The van der Waals surface area contributed by atoms with Crippen LogP contribution < -0.4 is 5.32 Å². The minimum absolute atomic E-state index is 0.0460. The summed E-state index contributed by atoms with van der Waals surface area (Å²) in [5.74, 6) is 1.14. The Morgan fingerprint density at radius 3 is 2.58 bits per heavy atom. The molecule has 0 saturated heterocycles.